The molecule has 0 aliphatic heterocycles. The first-order valence-corrected chi connectivity index (χ1v) is 8.42. The molecule has 0 aliphatic carbocycles. The van der Waals surface area contributed by atoms with E-state index in [0.717, 1.165) is 5.56 Å². The van der Waals surface area contributed by atoms with Crippen LogP contribution in [0.3, 0.4) is 0 Å². The molecular formula is C18H22N4O4. The minimum absolute atomic E-state index is 0.0533. The third kappa shape index (κ3) is 5.17. The zero-order valence-corrected chi connectivity index (χ0v) is 14.8. The van der Waals surface area contributed by atoms with Crippen molar-refractivity contribution in [3.63, 3.8) is 0 Å². The molecule has 0 aliphatic rings. The first-order valence-electron chi connectivity index (χ1n) is 8.42. The van der Waals surface area contributed by atoms with Crippen LogP contribution in [0.4, 0.5) is 5.69 Å². The molecule has 0 saturated carbocycles. The van der Waals surface area contributed by atoms with Crippen molar-refractivity contribution in [1.82, 2.24) is 15.1 Å². The van der Waals surface area contributed by atoms with E-state index in [2.05, 4.69) is 20.5 Å². The zero-order chi connectivity index (χ0) is 18.9. The van der Waals surface area contributed by atoms with Gasteiger partial charge in [-0.15, -0.1) is 0 Å². The van der Waals surface area contributed by atoms with Crippen LogP contribution < -0.4 is 10.6 Å². The second-order valence-electron chi connectivity index (χ2n) is 5.41. The summed E-state index contributed by atoms with van der Waals surface area (Å²) in [5.74, 6) is -2.37. The summed E-state index contributed by atoms with van der Waals surface area (Å²) in [7, 11) is 0. The molecule has 2 rings (SSSR count). The van der Waals surface area contributed by atoms with E-state index >= 15 is 0 Å². The molecule has 2 aromatic rings. The normalized spacial score (nSPS) is 10.2. The van der Waals surface area contributed by atoms with Gasteiger partial charge >= 0.3 is 11.9 Å². The van der Waals surface area contributed by atoms with Crippen molar-refractivity contribution in [2.75, 3.05) is 18.5 Å². The van der Waals surface area contributed by atoms with Crippen LogP contribution in [0.25, 0.3) is 0 Å². The van der Waals surface area contributed by atoms with Crippen molar-refractivity contribution < 1.29 is 19.1 Å². The predicted octanol–water partition coefficient (Wildman–Crippen LogP) is 1.38. The Labute approximate surface area is 151 Å². The van der Waals surface area contributed by atoms with Gasteiger partial charge in [-0.3, -0.25) is 14.3 Å². The Balaban J connectivity index is 2.02. The van der Waals surface area contributed by atoms with Crippen molar-refractivity contribution in [2.45, 2.75) is 26.8 Å². The summed E-state index contributed by atoms with van der Waals surface area (Å²) < 4.78 is 6.15. The molecule has 0 bridgehead atoms. The Morgan fingerprint density at radius 1 is 1.15 bits per heavy atom. The van der Waals surface area contributed by atoms with Crippen molar-refractivity contribution >= 4 is 23.5 Å². The molecule has 1 heterocycles. The highest BCUT2D eigenvalue weighted by Gasteiger charge is 2.22. The average Bonchev–Trinajstić information content (AvgIpc) is 3.05. The van der Waals surface area contributed by atoms with Gasteiger partial charge in [0.1, 0.15) is 0 Å². The van der Waals surface area contributed by atoms with E-state index in [1.165, 1.54) is 10.9 Å². The lowest BCUT2D eigenvalue weighted by Crippen LogP contribution is -2.29. The molecule has 0 fully saturated rings. The van der Waals surface area contributed by atoms with E-state index in [9.17, 15) is 14.4 Å². The lowest BCUT2D eigenvalue weighted by Gasteiger charge is -2.06. The number of nitrogens with one attached hydrogen (secondary N) is 2. The largest absolute Gasteiger partial charge is 0.459 e. The summed E-state index contributed by atoms with van der Waals surface area (Å²) in [6, 6.07) is 9.75. The van der Waals surface area contributed by atoms with Crippen molar-refractivity contribution in [3.05, 3.63) is 47.8 Å². The molecule has 0 saturated heterocycles. The smallest absolute Gasteiger partial charge is 0.397 e. The molecule has 2 amide bonds. The molecule has 8 heteroatoms. The van der Waals surface area contributed by atoms with Gasteiger partial charge in [-0.1, -0.05) is 30.3 Å². The zero-order valence-electron chi connectivity index (χ0n) is 14.8. The molecule has 0 atom stereocenters. The van der Waals surface area contributed by atoms with Crippen LogP contribution in [0.1, 0.15) is 29.9 Å². The number of carbonyl (C=O) groups is 3. The number of ether oxygens (including phenoxy) is 1. The number of nitrogens with zero attached hydrogens (tertiary/aromatic N) is 2. The lowest BCUT2D eigenvalue weighted by atomic mass is 10.1. The number of carbonyl (C=O) groups excluding carboxylic acids is 3. The summed E-state index contributed by atoms with van der Waals surface area (Å²) >= 11 is 0. The second kappa shape index (κ2) is 9.36. The standard InChI is InChI=1S/C18H22N4O4/c1-3-22-12-14(20-17(24)18(25)26-4-2)15(21-22)16(23)19-11-10-13-8-6-5-7-9-13/h5-9,12H,3-4,10-11H2,1-2H3,(H,19,23)(H,20,24). The van der Waals surface area contributed by atoms with Gasteiger partial charge in [0.2, 0.25) is 0 Å². The molecule has 1 aromatic carbocycles. The number of benzene rings is 1. The number of amides is 2. The van der Waals surface area contributed by atoms with Gasteiger partial charge in [-0.25, -0.2) is 4.79 Å². The first kappa shape index (κ1) is 19.2. The lowest BCUT2D eigenvalue weighted by molar-refractivity contribution is -0.152. The number of rotatable bonds is 7. The molecule has 2 N–H and O–H groups in total. The third-order valence-electron chi connectivity index (χ3n) is 3.55. The van der Waals surface area contributed by atoms with Gasteiger partial charge in [0.25, 0.3) is 5.91 Å². The summed E-state index contributed by atoms with van der Waals surface area (Å²) in [6.45, 7) is 4.48. The van der Waals surface area contributed by atoms with Crippen LogP contribution in [0, 0.1) is 0 Å². The Morgan fingerprint density at radius 3 is 2.54 bits per heavy atom. The summed E-state index contributed by atoms with van der Waals surface area (Å²) in [5.41, 5.74) is 1.32. The van der Waals surface area contributed by atoms with E-state index in [1.807, 2.05) is 37.3 Å². The Hall–Kier alpha value is -3.16. The molecule has 26 heavy (non-hydrogen) atoms. The Morgan fingerprint density at radius 2 is 1.88 bits per heavy atom. The van der Waals surface area contributed by atoms with Crippen LogP contribution in [0.15, 0.2) is 36.5 Å². The van der Waals surface area contributed by atoms with Gasteiger partial charge in [0.05, 0.1) is 12.3 Å². The SMILES string of the molecule is CCOC(=O)C(=O)Nc1cn(CC)nc1C(=O)NCCc1ccccc1. The molecule has 1 aromatic heterocycles. The number of esters is 1. The van der Waals surface area contributed by atoms with Crippen molar-refractivity contribution in [3.8, 4) is 0 Å². The topological polar surface area (TPSA) is 102 Å². The quantitative estimate of drug-likeness (QED) is 0.575. The summed E-state index contributed by atoms with van der Waals surface area (Å²) in [5, 5.41) is 9.30. The number of anilines is 1. The average molecular weight is 358 g/mol. The molecule has 0 spiro atoms. The van der Waals surface area contributed by atoms with Crippen LogP contribution in [-0.4, -0.2) is 40.7 Å². The molecular weight excluding hydrogens is 336 g/mol. The first-order chi connectivity index (χ1) is 12.5. The fourth-order valence-electron chi connectivity index (χ4n) is 2.26. The van der Waals surface area contributed by atoms with Crippen molar-refractivity contribution in [1.29, 1.82) is 0 Å². The van der Waals surface area contributed by atoms with E-state index in [1.54, 1.807) is 6.92 Å². The highest BCUT2D eigenvalue weighted by atomic mass is 16.5. The maximum atomic E-state index is 12.4. The van der Waals surface area contributed by atoms with Crippen LogP contribution in [-0.2, 0) is 27.3 Å². The minimum Gasteiger partial charge on any atom is -0.459 e. The molecule has 138 valence electrons. The molecule has 8 nitrogen and oxygen atoms in total. The monoisotopic (exact) mass is 358 g/mol. The maximum Gasteiger partial charge on any atom is 0.397 e. The van der Waals surface area contributed by atoms with Gasteiger partial charge in [0.15, 0.2) is 5.69 Å². The van der Waals surface area contributed by atoms with Gasteiger partial charge < -0.3 is 15.4 Å². The number of aromatic nitrogens is 2. The van der Waals surface area contributed by atoms with Crippen LogP contribution >= 0.6 is 0 Å². The fourth-order valence-corrected chi connectivity index (χ4v) is 2.26. The van der Waals surface area contributed by atoms with E-state index < -0.39 is 17.8 Å². The predicted molar refractivity (Wildman–Crippen MR) is 95.6 cm³/mol. The second-order valence-corrected chi connectivity index (χ2v) is 5.41. The van der Waals surface area contributed by atoms with Crippen molar-refractivity contribution in [2.24, 2.45) is 0 Å². The summed E-state index contributed by atoms with van der Waals surface area (Å²) in [4.78, 5) is 35.7. The molecule has 0 unspecified atom stereocenters. The number of hydrogen-bond donors (Lipinski definition) is 2. The van der Waals surface area contributed by atoms with Crippen LogP contribution in [0.2, 0.25) is 0 Å². The van der Waals surface area contributed by atoms with E-state index in [-0.39, 0.29) is 18.0 Å². The summed E-state index contributed by atoms with van der Waals surface area (Å²) in [6.07, 6.45) is 2.18. The third-order valence-corrected chi connectivity index (χ3v) is 3.55. The van der Waals surface area contributed by atoms with Gasteiger partial charge in [-0.05, 0) is 25.8 Å². The number of hydrogen-bond acceptors (Lipinski definition) is 5. The highest BCUT2D eigenvalue weighted by Crippen LogP contribution is 2.14. The molecule has 0 radical (unpaired) electrons. The number of aryl methyl sites for hydroxylation is 1. The van der Waals surface area contributed by atoms with Gasteiger partial charge in [0, 0.05) is 19.3 Å². The van der Waals surface area contributed by atoms with E-state index in [0.29, 0.717) is 19.5 Å². The minimum atomic E-state index is -1.01. The van der Waals surface area contributed by atoms with Gasteiger partial charge in [-0.2, -0.15) is 5.10 Å². The Bertz CT molecular complexity index is 771. The fraction of sp³-hybridized carbons (Fsp3) is 0.333. The Kier molecular flexibility index (Phi) is 6.90. The van der Waals surface area contributed by atoms with E-state index in [4.69, 9.17) is 0 Å². The highest BCUT2D eigenvalue weighted by molar-refractivity contribution is 6.37. The maximum absolute atomic E-state index is 12.4. The van der Waals surface area contributed by atoms with Crippen LogP contribution in [0.5, 0.6) is 0 Å².